The Hall–Kier alpha value is -8.18. The fraction of sp³-hybridized carbons (Fsp3) is 0.426. The molecule has 77 heavy (non-hydrogen) atoms. The van der Waals surface area contributed by atoms with Crippen molar-refractivity contribution in [3.05, 3.63) is 110 Å². The minimum absolute atomic E-state index is 0.0657. The van der Waals surface area contributed by atoms with Crippen LogP contribution in [0.2, 0.25) is 0 Å². The first-order valence-corrected chi connectivity index (χ1v) is 25.6. The standard InChI is InChI=1S/C54H58FN9O13/c1-28-32-12-13-37(48-33-25-64-40(49(33)61-38(47(32)48)21-36(28)55)20-35-34(52(64)73)26-76-53(74)54(35,2)75)62-50(71)30-18-31(19-30)77-27-59-43(67)23-58-51(72)39(17-29-9-5-3-6-10-29)60-44(68)24-57-42(66)22-56-41(65)11-7-4-8-16-63-45(69)14-15-46(63)70/h3,5-6,9-10,14-15,20-21,30-31,37,39,75H,4,7-8,11-13,16-19,22-27H2,1-2H3,(H,56,65)(H,57,66)(H,58,72)(H,59,67)(H,60,68)(H,62,71)/t30-,31+,37-,39-,54-/m0/s1. The number of cyclic esters (lactones) is 1. The summed E-state index contributed by atoms with van der Waals surface area (Å²) in [6.45, 7) is 1.46. The van der Waals surface area contributed by atoms with Gasteiger partial charge in [-0.2, -0.15) is 0 Å². The monoisotopic (exact) mass is 1060 g/mol. The van der Waals surface area contributed by atoms with Crippen molar-refractivity contribution in [3.63, 3.8) is 0 Å². The third kappa shape index (κ3) is 11.5. The summed E-state index contributed by atoms with van der Waals surface area (Å²) in [5.41, 5.74) is 2.21. The van der Waals surface area contributed by atoms with Crippen LogP contribution in [0.3, 0.4) is 0 Å². The minimum atomic E-state index is -2.07. The van der Waals surface area contributed by atoms with Crippen LogP contribution < -0.4 is 37.5 Å². The van der Waals surface area contributed by atoms with E-state index in [-0.39, 0.29) is 74.2 Å². The molecule has 1 saturated carbocycles. The number of unbranched alkanes of at least 4 members (excludes halogenated alkanes) is 2. The number of fused-ring (bicyclic) bond motifs is 5. The van der Waals surface area contributed by atoms with Crippen molar-refractivity contribution in [1.29, 1.82) is 0 Å². The molecule has 0 unspecified atom stereocenters. The quantitative estimate of drug-likeness (QED) is 0.0230. The van der Waals surface area contributed by atoms with Crippen molar-refractivity contribution >= 4 is 64.1 Å². The summed E-state index contributed by atoms with van der Waals surface area (Å²) in [4.78, 5) is 133. The maximum absolute atomic E-state index is 15.4. The van der Waals surface area contributed by atoms with Gasteiger partial charge in [0, 0.05) is 60.0 Å². The van der Waals surface area contributed by atoms with Crippen LogP contribution in [0.25, 0.3) is 22.3 Å². The van der Waals surface area contributed by atoms with Crippen LogP contribution in [0, 0.1) is 18.7 Å². The zero-order valence-corrected chi connectivity index (χ0v) is 42.4. The summed E-state index contributed by atoms with van der Waals surface area (Å²) in [6.07, 6.45) is 5.43. The van der Waals surface area contributed by atoms with Crippen molar-refractivity contribution in [3.8, 4) is 11.4 Å². The number of carbonyl (C=O) groups is 9. The van der Waals surface area contributed by atoms with Gasteiger partial charge in [0.05, 0.1) is 60.8 Å². The maximum Gasteiger partial charge on any atom is 0.342 e. The Balaban J connectivity index is 0.720. The topological polar surface area (TPSA) is 303 Å². The Morgan fingerprint density at radius 2 is 1.57 bits per heavy atom. The SMILES string of the molecule is Cc1c(F)cc2nc3c(c4c2c1CC[C@@H]4NC(=O)[C@H]1C[C@@H](OCNC(=O)CNC(=O)[C@H](Cc2ccccc2)NC(=O)CNC(=O)CNC(=O)CCCCCN2C(=O)C=CC2=O)C1)Cn1c-3cc2c(c1=O)COC(=O)[C@@]2(C)O. The highest BCUT2D eigenvalue weighted by Crippen LogP contribution is 2.46. The van der Waals surface area contributed by atoms with Crippen molar-refractivity contribution < 1.29 is 62.1 Å². The molecule has 4 aromatic rings. The van der Waals surface area contributed by atoms with E-state index in [1.54, 1.807) is 43.3 Å². The van der Waals surface area contributed by atoms with Crippen LogP contribution >= 0.6 is 0 Å². The number of halogens is 1. The largest absolute Gasteiger partial charge is 0.458 e. The predicted octanol–water partition coefficient (Wildman–Crippen LogP) is 0.671. The first-order chi connectivity index (χ1) is 36.9. The van der Waals surface area contributed by atoms with E-state index in [0.29, 0.717) is 83.9 Å². The predicted molar refractivity (Wildman–Crippen MR) is 270 cm³/mol. The number of carbonyl (C=O) groups excluding carboxylic acids is 9. The van der Waals surface area contributed by atoms with Gasteiger partial charge in [0.15, 0.2) is 5.60 Å². The zero-order valence-electron chi connectivity index (χ0n) is 42.4. The second-order valence-corrected chi connectivity index (χ2v) is 20.0. The Morgan fingerprint density at radius 1 is 0.870 bits per heavy atom. The summed E-state index contributed by atoms with van der Waals surface area (Å²) >= 11 is 0. The number of aromatic nitrogens is 2. The Labute approximate surface area is 439 Å². The highest BCUT2D eigenvalue weighted by Gasteiger charge is 2.44. The smallest absolute Gasteiger partial charge is 0.342 e. The summed E-state index contributed by atoms with van der Waals surface area (Å²) in [6, 6.07) is 10.1. The molecule has 23 heteroatoms. The molecule has 2 aromatic carbocycles. The van der Waals surface area contributed by atoms with E-state index in [1.165, 1.54) is 29.7 Å². The van der Waals surface area contributed by atoms with Gasteiger partial charge >= 0.3 is 5.97 Å². The van der Waals surface area contributed by atoms with Crippen molar-refractivity contribution in [2.45, 2.75) is 109 Å². The van der Waals surface area contributed by atoms with Crippen LogP contribution in [0.5, 0.6) is 0 Å². The minimum Gasteiger partial charge on any atom is -0.458 e. The Morgan fingerprint density at radius 3 is 2.32 bits per heavy atom. The molecule has 0 bridgehead atoms. The number of amides is 8. The van der Waals surface area contributed by atoms with E-state index in [2.05, 4.69) is 31.9 Å². The lowest BCUT2D eigenvalue weighted by atomic mass is 9.79. The number of hydrogen-bond acceptors (Lipinski definition) is 14. The maximum atomic E-state index is 15.4. The highest BCUT2D eigenvalue weighted by atomic mass is 19.1. The molecule has 1 fully saturated rings. The molecule has 2 aromatic heterocycles. The molecule has 0 saturated heterocycles. The summed E-state index contributed by atoms with van der Waals surface area (Å²) in [5.74, 6) is -5.68. The molecule has 8 amide bonds. The summed E-state index contributed by atoms with van der Waals surface area (Å²) in [5, 5.41) is 27.6. The van der Waals surface area contributed by atoms with Crippen molar-refractivity contribution in [2.24, 2.45) is 5.92 Å². The van der Waals surface area contributed by atoms with Gasteiger partial charge < -0.3 is 51.0 Å². The Bertz CT molecular complexity index is 3190. The van der Waals surface area contributed by atoms with Gasteiger partial charge in [-0.1, -0.05) is 36.8 Å². The number of aryl methyl sites for hydroxylation is 1. The third-order valence-corrected chi connectivity index (χ3v) is 14.8. The zero-order chi connectivity index (χ0) is 54.7. The van der Waals surface area contributed by atoms with Gasteiger partial charge in [-0.15, -0.1) is 0 Å². The number of rotatable bonds is 21. The first-order valence-electron chi connectivity index (χ1n) is 25.6. The van der Waals surface area contributed by atoms with E-state index < -0.39 is 90.1 Å². The molecule has 3 atom stereocenters. The number of nitrogens with zero attached hydrogens (tertiary/aromatic N) is 3. The number of aliphatic hydroxyl groups is 1. The first kappa shape index (κ1) is 53.6. The number of nitrogens with one attached hydrogen (secondary N) is 6. The molecule has 0 spiro atoms. The van der Waals surface area contributed by atoms with Crippen LogP contribution in [-0.2, 0) is 84.2 Å². The van der Waals surface area contributed by atoms with Gasteiger partial charge in [0.1, 0.15) is 25.2 Å². The van der Waals surface area contributed by atoms with Crippen LogP contribution in [0.1, 0.15) is 96.9 Å². The number of benzene rings is 2. The van der Waals surface area contributed by atoms with E-state index in [1.807, 2.05) is 0 Å². The molecule has 404 valence electrons. The normalized spacial score (nSPS) is 20.0. The molecule has 22 nitrogen and oxygen atoms in total. The van der Waals surface area contributed by atoms with Crippen molar-refractivity contribution in [2.75, 3.05) is 32.9 Å². The molecule has 5 aliphatic rings. The van der Waals surface area contributed by atoms with Gasteiger partial charge in [0.2, 0.25) is 35.4 Å². The summed E-state index contributed by atoms with van der Waals surface area (Å²) in [7, 11) is 0. The van der Waals surface area contributed by atoms with Gasteiger partial charge in [0.25, 0.3) is 17.4 Å². The van der Waals surface area contributed by atoms with Crippen molar-refractivity contribution in [1.82, 2.24) is 46.4 Å². The van der Waals surface area contributed by atoms with Crippen LogP contribution in [0.4, 0.5) is 4.39 Å². The molecule has 3 aliphatic heterocycles. The lowest BCUT2D eigenvalue weighted by Crippen LogP contribution is -2.52. The van der Waals surface area contributed by atoms with Gasteiger partial charge in [-0.05, 0) is 80.7 Å². The molecule has 5 heterocycles. The molecule has 9 rings (SSSR count). The average Bonchev–Trinajstić information content (AvgIpc) is 3.93. The van der Waals surface area contributed by atoms with E-state index in [9.17, 15) is 53.1 Å². The molecular formula is C54H58FN9O13. The third-order valence-electron chi connectivity index (χ3n) is 14.8. The number of pyridine rings is 2. The molecule has 0 radical (unpaired) electrons. The Kier molecular flexibility index (Phi) is 15.7. The molecule has 2 aliphatic carbocycles. The van der Waals surface area contributed by atoms with Crippen LogP contribution in [-0.4, -0.2) is 118 Å². The number of esters is 1. The van der Waals surface area contributed by atoms with E-state index in [0.717, 1.165) is 16.0 Å². The van der Waals surface area contributed by atoms with Gasteiger partial charge in [-0.25, -0.2) is 14.2 Å². The number of imide groups is 1. The average molecular weight is 1060 g/mol. The lowest BCUT2D eigenvalue weighted by Gasteiger charge is -2.36. The number of ether oxygens (including phenoxy) is 2. The fourth-order valence-electron chi connectivity index (χ4n) is 10.4. The van der Waals surface area contributed by atoms with Crippen LogP contribution in [0.15, 0.2) is 59.4 Å². The fourth-order valence-corrected chi connectivity index (χ4v) is 10.4. The van der Waals surface area contributed by atoms with E-state index in [4.69, 9.17) is 14.5 Å². The van der Waals surface area contributed by atoms with E-state index >= 15 is 4.39 Å². The second kappa shape index (κ2) is 22.6. The molecule has 7 N–H and O–H groups in total. The van der Waals surface area contributed by atoms with Gasteiger partial charge in [-0.3, -0.25) is 48.1 Å². The number of hydrogen-bond donors (Lipinski definition) is 7. The second-order valence-electron chi connectivity index (χ2n) is 20.0. The summed E-state index contributed by atoms with van der Waals surface area (Å²) < 4.78 is 27.8. The lowest BCUT2D eigenvalue weighted by molar-refractivity contribution is -0.169. The highest BCUT2D eigenvalue weighted by molar-refractivity contribution is 6.12. The molecular weight excluding hydrogens is 1000 g/mol.